The molecule has 0 saturated heterocycles. The summed E-state index contributed by atoms with van der Waals surface area (Å²) < 4.78 is 0.941. The SMILES string of the molecule is Cc1csc2c(N(CC(=O)O)C(C)(C)C)ncnc12. The molecule has 0 fully saturated rings. The predicted octanol–water partition coefficient (Wildman–Crippen LogP) is 2.69. The van der Waals surface area contributed by atoms with Gasteiger partial charge in [0.05, 0.1) is 10.2 Å². The number of carboxylic acids is 1. The summed E-state index contributed by atoms with van der Waals surface area (Å²) in [5.74, 6) is -0.173. The molecule has 102 valence electrons. The Morgan fingerprint density at radius 1 is 1.42 bits per heavy atom. The van der Waals surface area contributed by atoms with Crippen LogP contribution in [0.15, 0.2) is 11.7 Å². The van der Waals surface area contributed by atoms with Crippen molar-refractivity contribution in [3.8, 4) is 0 Å². The van der Waals surface area contributed by atoms with Gasteiger partial charge in [0.15, 0.2) is 5.82 Å². The summed E-state index contributed by atoms with van der Waals surface area (Å²) in [6.45, 7) is 7.85. The van der Waals surface area contributed by atoms with Crippen LogP contribution in [0.1, 0.15) is 26.3 Å². The molecular weight excluding hydrogens is 262 g/mol. The number of aliphatic carboxylic acids is 1. The number of hydrogen-bond donors (Lipinski definition) is 1. The van der Waals surface area contributed by atoms with Crippen LogP contribution in [-0.2, 0) is 4.79 Å². The van der Waals surface area contributed by atoms with E-state index >= 15 is 0 Å². The lowest BCUT2D eigenvalue weighted by atomic mass is 10.1. The van der Waals surface area contributed by atoms with Crippen LogP contribution in [0.2, 0.25) is 0 Å². The maximum Gasteiger partial charge on any atom is 0.323 e. The fraction of sp³-hybridized carbons (Fsp3) is 0.462. The van der Waals surface area contributed by atoms with Crippen molar-refractivity contribution < 1.29 is 9.90 Å². The first-order valence-electron chi connectivity index (χ1n) is 5.99. The van der Waals surface area contributed by atoms with E-state index in [9.17, 15) is 4.79 Å². The van der Waals surface area contributed by atoms with Gasteiger partial charge in [0.25, 0.3) is 0 Å². The zero-order valence-corrected chi connectivity index (χ0v) is 12.3. The third-order valence-corrected chi connectivity index (χ3v) is 3.95. The highest BCUT2D eigenvalue weighted by Gasteiger charge is 2.27. The standard InChI is InChI=1S/C13H17N3O2S/c1-8-6-19-11-10(8)14-7-15-12(11)16(5-9(17)18)13(2,3)4/h6-7H,5H2,1-4H3,(H,17,18). The minimum Gasteiger partial charge on any atom is -0.480 e. The summed E-state index contributed by atoms with van der Waals surface area (Å²) in [5.41, 5.74) is 1.67. The van der Waals surface area contributed by atoms with E-state index in [1.807, 2.05) is 33.1 Å². The Morgan fingerprint density at radius 3 is 2.68 bits per heavy atom. The fourth-order valence-corrected chi connectivity index (χ4v) is 2.91. The summed E-state index contributed by atoms with van der Waals surface area (Å²) in [6.07, 6.45) is 1.50. The van der Waals surface area contributed by atoms with Crippen LogP contribution < -0.4 is 4.90 Å². The van der Waals surface area contributed by atoms with E-state index in [0.717, 1.165) is 15.8 Å². The second-order valence-electron chi connectivity index (χ2n) is 5.44. The fourth-order valence-electron chi connectivity index (χ4n) is 1.91. The number of carbonyl (C=O) groups is 1. The first kappa shape index (κ1) is 13.7. The van der Waals surface area contributed by atoms with Crippen LogP contribution in [0.25, 0.3) is 10.2 Å². The molecule has 0 spiro atoms. The Hall–Kier alpha value is -1.69. The molecule has 0 aliphatic heterocycles. The second-order valence-corrected chi connectivity index (χ2v) is 6.32. The van der Waals surface area contributed by atoms with Gasteiger partial charge in [-0.05, 0) is 38.6 Å². The van der Waals surface area contributed by atoms with E-state index in [1.165, 1.54) is 6.33 Å². The summed E-state index contributed by atoms with van der Waals surface area (Å²) in [6, 6.07) is 0. The Morgan fingerprint density at radius 2 is 2.11 bits per heavy atom. The molecule has 6 heteroatoms. The largest absolute Gasteiger partial charge is 0.480 e. The Balaban J connectivity index is 2.59. The first-order chi connectivity index (χ1) is 8.80. The smallest absolute Gasteiger partial charge is 0.323 e. The van der Waals surface area contributed by atoms with Crippen LogP contribution in [0.5, 0.6) is 0 Å². The molecule has 0 aromatic carbocycles. The van der Waals surface area contributed by atoms with Crippen LogP contribution >= 0.6 is 11.3 Å². The van der Waals surface area contributed by atoms with Crippen LogP contribution in [0.4, 0.5) is 5.82 Å². The molecule has 2 rings (SSSR count). The molecule has 0 unspecified atom stereocenters. The van der Waals surface area contributed by atoms with E-state index in [0.29, 0.717) is 5.82 Å². The van der Waals surface area contributed by atoms with Crippen LogP contribution in [0, 0.1) is 6.92 Å². The van der Waals surface area contributed by atoms with Gasteiger partial charge in [0.1, 0.15) is 12.9 Å². The van der Waals surface area contributed by atoms with Crippen LogP contribution in [-0.4, -0.2) is 33.1 Å². The van der Waals surface area contributed by atoms with Crippen molar-refractivity contribution in [3.05, 3.63) is 17.3 Å². The normalized spacial score (nSPS) is 11.8. The monoisotopic (exact) mass is 279 g/mol. The lowest BCUT2D eigenvalue weighted by molar-refractivity contribution is -0.135. The van der Waals surface area contributed by atoms with E-state index in [4.69, 9.17) is 5.11 Å². The quantitative estimate of drug-likeness (QED) is 0.935. The molecule has 2 aromatic heterocycles. The van der Waals surface area contributed by atoms with Crippen molar-refractivity contribution in [1.29, 1.82) is 0 Å². The van der Waals surface area contributed by atoms with E-state index < -0.39 is 5.97 Å². The number of aryl methyl sites for hydroxylation is 1. The van der Waals surface area contributed by atoms with Gasteiger partial charge in [-0.2, -0.15) is 0 Å². The number of aromatic nitrogens is 2. The van der Waals surface area contributed by atoms with Gasteiger partial charge in [0, 0.05) is 5.54 Å². The predicted molar refractivity (Wildman–Crippen MR) is 76.9 cm³/mol. The molecule has 0 saturated carbocycles. The van der Waals surface area contributed by atoms with E-state index in [2.05, 4.69) is 9.97 Å². The number of thiophene rings is 1. The first-order valence-corrected chi connectivity index (χ1v) is 6.87. The van der Waals surface area contributed by atoms with Gasteiger partial charge in [-0.1, -0.05) is 0 Å². The molecule has 0 atom stereocenters. The maximum atomic E-state index is 11.1. The topological polar surface area (TPSA) is 66.3 Å². The minimum absolute atomic E-state index is 0.0768. The van der Waals surface area contributed by atoms with Gasteiger partial charge in [-0.25, -0.2) is 9.97 Å². The molecule has 1 N–H and O–H groups in total. The van der Waals surface area contributed by atoms with Crippen molar-refractivity contribution in [3.63, 3.8) is 0 Å². The van der Waals surface area contributed by atoms with Gasteiger partial charge in [-0.3, -0.25) is 4.79 Å². The molecule has 5 nitrogen and oxygen atoms in total. The zero-order valence-electron chi connectivity index (χ0n) is 11.5. The number of anilines is 1. The van der Waals surface area contributed by atoms with Crippen molar-refractivity contribution >= 4 is 33.3 Å². The molecule has 2 heterocycles. The highest BCUT2D eigenvalue weighted by molar-refractivity contribution is 7.18. The van der Waals surface area contributed by atoms with Gasteiger partial charge < -0.3 is 10.0 Å². The van der Waals surface area contributed by atoms with Crippen molar-refractivity contribution in [1.82, 2.24) is 9.97 Å². The lowest BCUT2D eigenvalue weighted by Gasteiger charge is -2.35. The molecule has 19 heavy (non-hydrogen) atoms. The van der Waals surface area contributed by atoms with Gasteiger partial charge in [-0.15, -0.1) is 11.3 Å². The molecule has 0 radical (unpaired) electrons. The van der Waals surface area contributed by atoms with Crippen molar-refractivity contribution in [2.45, 2.75) is 33.2 Å². The molecule has 2 aromatic rings. The Kier molecular flexibility index (Phi) is 3.45. The number of rotatable bonds is 3. The summed E-state index contributed by atoms with van der Waals surface area (Å²) in [4.78, 5) is 21.5. The number of fused-ring (bicyclic) bond motifs is 1. The lowest BCUT2D eigenvalue weighted by Crippen LogP contribution is -2.45. The number of carboxylic acid groups (broad SMARTS) is 1. The number of hydrogen-bond acceptors (Lipinski definition) is 5. The van der Waals surface area contributed by atoms with Crippen LogP contribution in [0.3, 0.4) is 0 Å². The highest BCUT2D eigenvalue weighted by Crippen LogP contribution is 2.33. The Bertz CT molecular complexity index is 616. The maximum absolute atomic E-state index is 11.1. The summed E-state index contributed by atoms with van der Waals surface area (Å²) >= 11 is 1.55. The molecule has 0 bridgehead atoms. The average molecular weight is 279 g/mol. The highest BCUT2D eigenvalue weighted by atomic mass is 32.1. The minimum atomic E-state index is -0.866. The third-order valence-electron chi connectivity index (χ3n) is 2.87. The van der Waals surface area contributed by atoms with Gasteiger partial charge in [0.2, 0.25) is 0 Å². The second kappa shape index (κ2) is 4.77. The van der Waals surface area contributed by atoms with E-state index in [-0.39, 0.29) is 12.1 Å². The van der Waals surface area contributed by atoms with Crippen molar-refractivity contribution in [2.75, 3.05) is 11.4 Å². The molecule has 0 aliphatic carbocycles. The number of nitrogens with zero attached hydrogens (tertiary/aromatic N) is 3. The summed E-state index contributed by atoms with van der Waals surface area (Å²) in [5, 5.41) is 11.1. The molecular formula is C13H17N3O2S. The average Bonchev–Trinajstić information content (AvgIpc) is 2.67. The summed E-state index contributed by atoms with van der Waals surface area (Å²) in [7, 11) is 0. The van der Waals surface area contributed by atoms with Crippen molar-refractivity contribution in [2.24, 2.45) is 0 Å². The van der Waals surface area contributed by atoms with E-state index in [1.54, 1.807) is 16.2 Å². The Labute approximate surface area is 115 Å². The van der Waals surface area contributed by atoms with Gasteiger partial charge >= 0.3 is 5.97 Å². The third kappa shape index (κ3) is 2.68. The zero-order chi connectivity index (χ0) is 14.2. The molecule has 0 amide bonds. The molecule has 0 aliphatic rings.